The van der Waals surface area contributed by atoms with Crippen molar-refractivity contribution in [3.8, 4) is 0 Å². The van der Waals surface area contributed by atoms with Crippen LogP contribution in [0, 0.1) is 0 Å². The molecule has 0 aliphatic heterocycles. The van der Waals surface area contributed by atoms with Gasteiger partial charge in [0.05, 0.1) is 18.7 Å². The molecule has 11 heavy (non-hydrogen) atoms. The first-order valence-corrected chi connectivity index (χ1v) is 4.07. The predicted molar refractivity (Wildman–Crippen MR) is 42.5 cm³/mol. The lowest BCUT2D eigenvalue weighted by atomic mass is 10.1. The van der Waals surface area contributed by atoms with Crippen molar-refractivity contribution in [2.45, 2.75) is 12.8 Å². The summed E-state index contributed by atoms with van der Waals surface area (Å²) in [5.41, 5.74) is 0.779. The summed E-state index contributed by atoms with van der Waals surface area (Å²) in [6.45, 7) is 1.78. The average Bonchev–Trinajstić information content (AvgIpc) is 2.53. The highest BCUT2D eigenvalue weighted by Gasteiger charge is 2.16. The molecule has 60 valence electrons. The highest BCUT2D eigenvalue weighted by molar-refractivity contribution is 7.03. The van der Waals surface area contributed by atoms with Crippen LogP contribution in [0.1, 0.15) is 18.5 Å². The van der Waals surface area contributed by atoms with Crippen LogP contribution in [0.15, 0.2) is 11.4 Å². The molecular weight excluding hydrogens is 162 g/mol. The fraction of sp³-hybridized carbons (Fsp3) is 0.429. The van der Waals surface area contributed by atoms with Crippen molar-refractivity contribution in [1.29, 1.82) is 0 Å². The van der Waals surface area contributed by atoms with Gasteiger partial charge in [0, 0.05) is 5.38 Å². The lowest BCUT2D eigenvalue weighted by molar-refractivity contribution is -0.142. The summed E-state index contributed by atoms with van der Waals surface area (Å²) in [6, 6.07) is 1.83. The number of rotatable bonds is 2. The van der Waals surface area contributed by atoms with Crippen molar-refractivity contribution in [1.82, 2.24) is 4.37 Å². The number of ether oxygens (including phenoxy) is 1. The minimum absolute atomic E-state index is 0.240. The molecular formula is C7H9NO2S. The minimum atomic E-state index is -0.244. The number of carbonyl (C=O) groups is 1. The molecule has 0 radical (unpaired) electrons. The van der Waals surface area contributed by atoms with Crippen molar-refractivity contribution >= 4 is 17.5 Å². The smallest absolute Gasteiger partial charge is 0.314 e. The van der Waals surface area contributed by atoms with Gasteiger partial charge >= 0.3 is 5.97 Å². The third-order valence-electron chi connectivity index (χ3n) is 1.46. The molecule has 1 atom stereocenters. The highest BCUT2D eigenvalue weighted by atomic mass is 32.1. The van der Waals surface area contributed by atoms with E-state index in [1.165, 1.54) is 18.6 Å². The van der Waals surface area contributed by atoms with E-state index in [4.69, 9.17) is 0 Å². The van der Waals surface area contributed by atoms with Gasteiger partial charge in [-0.2, -0.15) is 4.37 Å². The van der Waals surface area contributed by atoms with Gasteiger partial charge in [0.2, 0.25) is 0 Å². The van der Waals surface area contributed by atoms with Crippen LogP contribution in [-0.2, 0) is 9.53 Å². The summed E-state index contributed by atoms with van der Waals surface area (Å²) in [6.07, 6.45) is 0. The number of methoxy groups -OCH3 is 1. The third kappa shape index (κ3) is 1.77. The van der Waals surface area contributed by atoms with Crippen molar-refractivity contribution in [3.05, 3.63) is 17.1 Å². The van der Waals surface area contributed by atoms with Crippen LogP contribution in [0.25, 0.3) is 0 Å². The molecule has 4 heteroatoms. The summed E-state index contributed by atoms with van der Waals surface area (Å²) in [4.78, 5) is 11.0. The Bertz CT molecular complexity index is 233. The number of nitrogens with zero attached hydrogens (tertiary/aromatic N) is 1. The van der Waals surface area contributed by atoms with Gasteiger partial charge in [-0.1, -0.05) is 0 Å². The predicted octanol–water partition coefficient (Wildman–Crippen LogP) is 1.42. The van der Waals surface area contributed by atoms with Gasteiger partial charge in [-0.05, 0) is 24.5 Å². The molecule has 0 amide bonds. The summed E-state index contributed by atoms with van der Waals surface area (Å²) in [7, 11) is 1.38. The quantitative estimate of drug-likeness (QED) is 0.632. The second-order valence-electron chi connectivity index (χ2n) is 2.17. The number of esters is 1. The van der Waals surface area contributed by atoms with E-state index in [9.17, 15) is 4.79 Å². The molecule has 0 aliphatic carbocycles. The molecule has 1 rings (SSSR count). The van der Waals surface area contributed by atoms with Gasteiger partial charge < -0.3 is 4.74 Å². The largest absolute Gasteiger partial charge is 0.469 e. The van der Waals surface area contributed by atoms with Gasteiger partial charge in [-0.25, -0.2) is 0 Å². The summed E-state index contributed by atoms with van der Waals surface area (Å²) in [5, 5.41) is 1.84. The maximum atomic E-state index is 11.0. The van der Waals surface area contributed by atoms with Crippen LogP contribution in [0.3, 0.4) is 0 Å². The zero-order valence-electron chi connectivity index (χ0n) is 6.40. The lowest BCUT2D eigenvalue weighted by Gasteiger charge is -2.03. The molecule has 1 heterocycles. The van der Waals surface area contributed by atoms with Crippen LogP contribution < -0.4 is 0 Å². The van der Waals surface area contributed by atoms with E-state index in [2.05, 4.69) is 9.11 Å². The van der Waals surface area contributed by atoms with Crippen LogP contribution in [0.5, 0.6) is 0 Å². The Kier molecular flexibility index (Phi) is 2.59. The Morgan fingerprint density at radius 2 is 2.55 bits per heavy atom. The molecule has 0 bridgehead atoms. The van der Waals surface area contributed by atoms with E-state index in [0.29, 0.717) is 0 Å². The molecule has 0 spiro atoms. The normalized spacial score (nSPS) is 12.5. The molecule has 0 aromatic carbocycles. The number of hydrogen-bond donors (Lipinski definition) is 0. The minimum Gasteiger partial charge on any atom is -0.469 e. The van der Waals surface area contributed by atoms with Gasteiger partial charge in [0.15, 0.2) is 0 Å². The molecule has 0 fully saturated rings. The maximum Gasteiger partial charge on any atom is 0.314 e. The van der Waals surface area contributed by atoms with E-state index in [-0.39, 0.29) is 11.9 Å². The first-order chi connectivity index (χ1) is 5.25. The topological polar surface area (TPSA) is 39.2 Å². The van der Waals surface area contributed by atoms with Crippen LogP contribution in [0.4, 0.5) is 0 Å². The Morgan fingerprint density at radius 1 is 1.82 bits per heavy atom. The van der Waals surface area contributed by atoms with Gasteiger partial charge in [-0.3, -0.25) is 4.79 Å². The summed E-state index contributed by atoms with van der Waals surface area (Å²) >= 11 is 1.34. The van der Waals surface area contributed by atoms with Crippen LogP contribution >= 0.6 is 11.5 Å². The Morgan fingerprint density at radius 3 is 3.00 bits per heavy atom. The van der Waals surface area contributed by atoms with Crippen molar-refractivity contribution < 1.29 is 9.53 Å². The first-order valence-electron chi connectivity index (χ1n) is 3.24. The first kappa shape index (κ1) is 8.20. The molecule has 0 N–H and O–H groups in total. The van der Waals surface area contributed by atoms with Crippen LogP contribution in [0.2, 0.25) is 0 Å². The maximum absolute atomic E-state index is 11.0. The Balaban J connectivity index is 2.70. The molecule has 1 aromatic heterocycles. The molecule has 0 saturated carbocycles. The molecule has 1 unspecified atom stereocenters. The summed E-state index contributed by atoms with van der Waals surface area (Å²) < 4.78 is 8.59. The number of carbonyl (C=O) groups excluding carboxylic acids is 1. The molecule has 3 nitrogen and oxygen atoms in total. The van der Waals surface area contributed by atoms with Gasteiger partial charge in [0.1, 0.15) is 0 Å². The van der Waals surface area contributed by atoms with Crippen molar-refractivity contribution in [2.24, 2.45) is 0 Å². The monoisotopic (exact) mass is 171 g/mol. The highest BCUT2D eigenvalue weighted by Crippen LogP contribution is 2.15. The third-order valence-corrected chi connectivity index (χ3v) is 2.03. The SMILES string of the molecule is COC(=O)C(C)c1ccsn1. The van der Waals surface area contributed by atoms with E-state index in [0.717, 1.165) is 5.69 Å². The molecule has 1 aromatic rings. The second kappa shape index (κ2) is 3.48. The molecule has 0 saturated heterocycles. The van der Waals surface area contributed by atoms with Gasteiger partial charge in [-0.15, -0.1) is 0 Å². The van der Waals surface area contributed by atoms with E-state index in [1.807, 2.05) is 11.4 Å². The van der Waals surface area contributed by atoms with E-state index < -0.39 is 0 Å². The van der Waals surface area contributed by atoms with E-state index >= 15 is 0 Å². The van der Waals surface area contributed by atoms with Crippen molar-refractivity contribution in [2.75, 3.05) is 7.11 Å². The zero-order valence-corrected chi connectivity index (χ0v) is 7.22. The molecule has 0 aliphatic rings. The van der Waals surface area contributed by atoms with E-state index in [1.54, 1.807) is 6.92 Å². The van der Waals surface area contributed by atoms with Gasteiger partial charge in [0.25, 0.3) is 0 Å². The van der Waals surface area contributed by atoms with Crippen LogP contribution in [-0.4, -0.2) is 17.5 Å². The standard InChI is InChI=1S/C7H9NO2S/c1-5(7(9)10-2)6-3-4-11-8-6/h3-5H,1-2H3. The lowest BCUT2D eigenvalue weighted by Crippen LogP contribution is -2.10. The Hall–Kier alpha value is -0.900. The van der Waals surface area contributed by atoms with Crippen molar-refractivity contribution in [3.63, 3.8) is 0 Å². The number of aromatic nitrogens is 1. The second-order valence-corrected chi connectivity index (χ2v) is 2.83. The average molecular weight is 171 g/mol. The fourth-order valence-electron chi connectivity index (χ4n) is 0.743. The fourth-order valence-corrected chi connectivity index (χ4v) is 1.34. The summed E-state index contributed by atoms with van der Waals surface area (Å²) in [5.74, 6) is -0.484. The zero-order chi connectivity index (χ0) is 8.27. The number of hydrogen-bond acceptors (Lipinski definition) is 4. The Labute approximate surface area is 69.2 Å².